The summed E-state index contributed by atoms with van der Waals surface area (Å²) in [5.74, 6) is 0. The Bertz CT molecular complexity index is 524. The number of rotatable bonds is 2. The van der Waals surface area contributed by atoms with E-state index in [1.165, 1.54) is 11.3 Å². The molecule has 0 radical (unpaired) electrons. The topological polar surface area (TPSA) is 29.9 Å². The monoisotopic (exact) mass is 455 g/mol. The second-order valence-electron chi connectivity index (χ2n) is 8.80. The first-order chi connectivity index (χ1) is 15.1. The molecule has 5 heteroatoms. The van der Waals surface area contributed by atoms with Crippen molar-refractivity contribution in [3.63, 3.8) is 0 Å². The molecule has 0 bridgehead atoms. The van der Waals surface area contributed by atoms with Crippen molar-refractivity contribution in [3.8, 4) is 0 Å². The van der Waals surface area contributed by atoms with Gasteiger partial charge in [0.2, 0.25) is 0 Å². The van der Waals surface area contributed by atoms with Gasteiger partial charge in [-0.1, -0.05) is 27.7 Å². The summed E-state index contributed by atoms with van der Waals surface area (Å²) >= 11 is 0. The lowest BCUT2D eigenvalue weighted by atomic mass is 10.2. The summed E-state index contributed by atoms with van der Waals surface area (Å²) in [5, 5.41) is 0. The second-order valence-corrected chi connectivity index (χ2v) is 8.80. The van der Waals surface area contributed by atoms with Crippen LogP contribution in [0.15, 0.2) is 12.3 Å². The van der Waals surface area contributed by atoms with Crippen molar-refractivity contribution in [1.29, 1.82) is 0 Å². The lowest BCUT2D eigenvalue weighted by Crippen LogP contribution is -2.47. The average Bonchev–Trinajstić information content (AvgIpc) is 3.07. The molecule has 2 saturated heterocycles. The smallest absolute Gasteiger partial charge is 0.0674 e. The molecule has 1 aromatic heterocycles. The molecule has 192 valence electrons. The zero-order valence-electron chi connectivity index (χ0n) is 23.9. The Labute approximate surface area is 201 Å². The number of morpholine rings is 2. The van der Waals surface area contributed by atoms with Gasteiger partial charge in [-0.25, -0.2) is 0 Å². The summed E-state index contributed by atoms with van der Waals surface area (Å²) in [6, 6.07) is 4.11. The van der Waals surface area contributed by atoms with Crippen LogP contribution < -0.4 is 0 Å². The highest BCUT2D eigenvalue weighted by molar-refractivity contribution is 5.14. The Morgan fingerprint density at radius 3 is 1.78 bits per heavy atom. The van der Waals surface area contributed by atoms with Crippen molar-refractivity contribution in [2.45, 2.75) is 107 Å². The van der Waals surface area contributed by atoms with Gasteiger partial charge in [-0.15, -0.1) is 0 Å². The van der Waals surface area contributed by atoms with Crippen LogP contribution in [0.1, 0.15) is 80.5 Å². The summed E-state index contributed by atoms with van der Waals surface area (Å²) in [6.45, 7) is 31.5. The molecule has 0 aliphatic carbocycles. The Morgan fingerprint density at radius 2 is 1.50 bits per heavy atom. The molecule has 3 heterocycles. The number of aromatic nitrogens is 1. The maximum absolute atomic E-state index is 5.42. The molecular weight excluding hydrogens is 398 g/mol. The molecule has 0 saturated carbocycles. The van der Waals surface area contributed by atoms with Crippen molar-refractivity contribution in [2.75, 3.05) is 39.5 Å². The van der Waals surface area contributed by atoms with E-state index in [9.17, 15) is 0 Å². The molecule has 1 aromatic rings. The molecule has 2 fully saturated rings. The van der Waals surface area contributed by atoms with E-state index in [0.717, 1.165) is 39.5 Å². The van der Waals surface area contributed by atoms with Crippen LogP contribution >= 0.6 is 0 Å². The van der Waals surface area contributed by atoms with Crippen molar-refractivity contribution in [2.24, 2.45) is 7.05 Å². The van der Waals surface area contributed by atoms with Crippen LogP contribution in [0, 0.1) is 13.8 Å². The SMILES string of the molecule is CC.CC.CC(C)N1CCOCC1C.CC1CN(C(C)C)CCO1.Cc1cc(C)n(C)c1. The fraction of sp³-hybridized carbons (Fsp3) is 0.852. The third-order valence-corrected chi connectivity index (χ3v) is 5.48. The molecule has 2 unspecified atom stereocenters. The molecule has 32 heavy (non-hydrogen) atoms. The van der Waals surface area contributed by atoms with E-state index < -0.39 is 0 Å². The van der Waals surface area contributed by atoms with Crippen LogP contribution in [-0.4, -0.2) is 78.1 Å². The quantitative estimate of drug-likeness (QED) is 0.553. The largest absolute Gasteiger partial charge is 0.379 e. The van der Waals surface area contributed by atoms with Gasteiger partial charge < -0.3 is 14.0 Å². The Kier molecular flexibility index (Phi) is 20.4. The van der Waals surface area contributed by atoms with Gasteiger partial charge in [0.05, 0.1) is 25.9 Å². The Hall–Kier alpha value is -0.880. The summed E-state index contributed by atoms with van der Waals surface area (Å²) in [4.78, 5) is 4.93. The first kappa shape index (κ1) is 33.3. The first-order valence-electron chi connectivity index (χ1n) is 12.9. The number of nitrogens with zero attached hydrogens (tertiary/aromatic N) is 3. The van der Waals surface area contributed by atoms with Crippen LogP contribution in [0.25, 0.3) is 0 Å². The third-order valence-electron chi connectivity index (χ3n) is 5.48. The van der Waals surface area contributed by atoms with Gasteiger partial charge in [0, 0.05) is 56.7 Å². The minimum atomic E-state index is 0.427. The molecule has 0 spiro atoms. The standard InChI is InChI=1S/2C8H17NO.C7H11N.2C2H6/c1-7(2)9-4-5-10-6-8(9)3;1-7(2)9-4-5-10-8(3)6-9;1-6-4-7(2)8(3)5-6;2*1-2/h2*7-8H,4-6H2,1-3H3;4-5H,1-3H3;2*1-2H3. The molecule has 0 aromatic carbocycles. The van der Waals surface area contributed by atoms with Gasteiger partial charge in [0.15, 0.2) is 0 Å². The number of hydrogen-bond acceptors (Lipinski definition) is 4. The van der Waals surface area contributed by atoms with Gasteiger partial charge in [-0.2, -0.15) is 0 Å². The summed E-state index contributed by atoms with van der Waals surface area (Å²) < 4.78 is 12.9. The molecule has 5 nitrogen and oxygen atoms in total. The van der Waals surface area contributed by atoms with Crippen LogP contribution in [-0.2, 0) is 16.5 Å². The van der Waals surface area contributed by atoms with Gasteiger partial charge >= 0.3 is 0 Å². The van der Waals surface area contributed by atoms with Gasteiger partial charge in [0.1, 0.15) is 0 Å². The number of hydrogen-bond donors (Lipinski definition) is 0. The number of ether oxygens (including phenoxy) is 2. The highest BCUT2D eigenvalue weighted by atomic mass is 16.5. The minimum absolute atomic E-state index is 0.427. The number of aryl methyl sites for hydroxylation is 3. The van der Waals surface area contributed by atoms with Crippen molar-refractivity contribution in [1.82, 2.24) is 14.4 Å². The van der Waals surface area contributed by atoms with Gasteiger partial charge in [-0.3, -0.25) is 9.80 Å². The maximum atomic E-state index is 5.42. The lowest BCUT2D eigenvalue weighted by Gasteiger charge is -2.36. The minimum Gasteiger partial charge on any atom is -0.379 e. The Balaban J connectivity index is 0. The summed E-state index contributed by atoms with van der Waals surface area (Å²) in [5.41, 5.74) is 2.66. The van der Waals surface area contributed by atoms with Crippen molar-refractivity contribution < 1.29 is 9.47 Å². The van der Waals surface area contributed by atoms with Gasteiger partial charge in [-0.05, 0) is 67.0 Å². The molecule has 2 aliphatic heterocycles. The van der Waals surface area contributed by atoms with Crippen LogP contribution in [0.4, 0.5) is 0 Å². The van der Waals surface area contributed by atoms with E-state index in [4.69, 9.17) is 9.47 Å². The van der Waals surface area contributed by atoms with E-state index in [1.54, 1.807) is 0 Å². The summed E-state index contributed by atoms with van der Waals surface area (Å²) in [6.07, 6.45) is 2.55. The van der Waals surface area contributed by atoms with E-state index in [0.29, 0.717) is 24.2 Å². The van der Waals surface area contributed by atoms with Crippen molar-refractivity contribution >= 4 is 0 Å². The van der Waals surface area contributed by atoms with E-state index in [2.05, 4.69) is 89.1 Å². The predicted molar refractivity (Wildman–Crippen MR) is 142 cm³/mol. The summed E-state index contributed by atoms with van der Waals surface area (Å²) in [7, 11) is 2.06. The second kappa shape index (κ2) is 19.6. The molecule has 0 amide bonds. The Morgan fingerprint density at radius 1 is 0.906 bits per heavy atom. The highest BCUT2D eigenvalue weighted by Gasteiger charge is 2.20. The third kappa shape index (κ3) is 14.3. The molecule has 2 atom stereocenters. The lowest BCUT2D eigenvalue weighted by molar-refractivity contribution is -0.0288. The zero-order chi connectivity index (χ0) is 25.3. The van der Waals surface area contributed by atoms with E-state index >= 15 is 0 Å². The molecular formula is C27H57N3O2. The zero-order valence-corrected chi connectivity index (χ0v) is 23.9. The fourth-order valence-corrected chi connectivity index (χ4v) is 3.70. The normalized spacial score (nSPS) is 21.2. The first-order valence-corrected chi connectivity index (χ1v) is 12.9. The van der Waals surface area contributed by atoms with Gasteiger partial charge in [0.25, 0.3) is 0 Å². The van der Waals surface area contributed by atoms with E-state index in [1.807, 2.05) is 27.7 Å². The van der Waals surface area contributed by atoms with Crippen molar-refractivity contribution in [3.05, 3.63) is 23.5 Å². The molecule has 0 N–H and O–H groups in total. The van der Waals surface area contributed by atoms with E-state index in [-0.39, 0.29) is 0 Å². The van der Waals surface area contributed by atoms with Crippen LogP contribution in [0.5, 0.6) is 0 Å². The fourth-order valence-electron chi connectivity index (χ4n) is 3.70. The van der Waals surface area contributed by atoms with Crippen LogP contribution in [0.2, 0.25) is 0 Å². The highest BCUT2D eigenvalue weighted by Crippen LogP contribution is 2.09. The molecule has 2 aliphatic rings. The molecule has 3 rings (SSSR count). The predicted octanol–water partition coefficient (Wildman–Crippen LogP) is 5.93. The maximum Gasteiger partial charge on any atom is 0.0674 e. The average molecular weight is 456 g/mol. The van der Waals surface area contributed by atoms with Crippen LogP contribution in [0.3, 0.4) is 0 Å².